The monoisotopic (exact) mass is 423 g/mol. The number of nitrogens with one attached hydrogen (secondary N) is 2. The van der Waals surface area contributed by atoms with Gasteiger partial charge in [0.15, 0.2) is 5.69 Å². The fraction of sp³-hybridized carbons (Fsp3) is 0.273. The molecule has 162 valence electrons. The van der Waals surface area contributed by atoms with E-state index >= 15 is 0 Å². The van der Waals surface area contributed by atoms with Crippen molar-refractivity contribution in [2.24, 2.45) is 0 Å². The molecular weight excluding hydrogens is 398 g/mol. The number of benzene rings is 2. The minimum absolute atomic E-state index is 0.115. The van der Waals surface area contributed by atoms with Gasteiger partial charge in [0.05, 0.1) is 25.6 Å². The van der Waals surface area contributed by atoms with E-state index in [1.165, 1.54) is 18.9 Å². The van der Waals surface area contributed by atoms with Crippen LogP contribution in [-0.4, -0.2) is 41.0 Å². The molecule has 0 saturated heterocycles. The first-order chi connectivity index (χ1) is 14.8. The Hall–Kier alpha value is -3.88. The summed E-state index contributed by atoms with van der Waals surface area (Å²) in [5.41, 5.74) is 3.87. The van der Waals surface area contributed by atoms with Crippen LogP contribution in [0.5, 0.6) is 11.5 Å². The van der Waals surface area contributed by atoms with Gasteiger partial charge < -0.3 is 20.1 Å². The Morgan fingerprint density at radius 2 is 1.77 bits per heavy atom. The van der Waals surface area contributed by atoms with Crippen LogP contribution in [0.25, 0.3) is 0 Å². The number of hydrogen-bond donors (Lipinski definition) is 2. The van der Waals surface area contributed by atoms with Gasteiger partial charge in [-0.3, -0.25) is 9.59 Å². The van der Waals surface area contributed by atoms with Gasteiger partial charge in [0.2, 0.25) is 5.91 Å². The van der Waals surface area contributed by atoms with E-state index in [1.807, 2.05) is 32.0 Å². The Bertz CT molecular complexity index is 1120. The van der Waals surface area contributed by atoms with E-state index in [-0.39, 0.29) is 24.1 Å². The summed E-state index contributed by atoms with van der Waals surface area (Å²) in [6, 6.07) is 10.8. The van der Waals surface area contributed by atoms with Crippen LogP contribution in [-0.2, 0) is 11.3 Å². The lowest BCUT2D eigenvalue weighted by molar-refractivity contribution is -0.117. The van der Waals surface area contributed by atoms with E-state index < -0.39 is 0 Å². The molecule has 3 aromatic rings. The van der Waals surface area contributed by atoms with Crippen LogP contribution in [0.4, 0.5) is 11.4 Å². The zero-order valence-corrected chi connectivity index (χ0v) is 18.1. The fourth-order valence-electron chi connectivity index (χ4n) is 3.03. The summed E-state index contributed by atoms with van der Waals surface area (Å²) in [5, 5.41) is 13.6. The Morgan fingerprint density at radius 3 is 2.48 bits per heavy atom. The lowest BCUT2D eigenvalue weighted by Crippen LogP contribution is -2.21. The molecule has 0 fully saturated rings. The minimum Gasteiger partial charge on any atom is -0.497 e. The van der Waals surface area contributed by atoms with Crippen molar-refractivity contribution in [3.8, 4) is 11.5 Å². The van der Waals surface area contributed by atoms with Crippen molar-refractivity contribution in [1.82, 2.24) is 15.0 Å². The third-order valence-electron chi connectivity index (χ3n) is 5.02. The van der Waals surface area contributed by atoms with E-state index in [9.17, 15) is 9.59 Å². The van der Waals surface area contributed by atoms with Crippen LogP contribution in [0.1, 0.15) is 27.3 Å². The second kappa shape index (κ2) is 9.29. The number of aryl methyl sites for hydroxylation is 1. The molecule has 2 N–H and O–H groups in total. The van der Waals surface area contributed by atoms with Crippen LogP contribution >= 0.6 is 0 Å². The fourth-order valence-corrected chi connectivity index (χ4v) is 3.03. The quantitative estimate of drug-likeness (QED) is 0.605. The standard InChI is InChI=1S/C22H25N5O4/c1-13-7-6-8-17(14(13)2)24-22(29)21-15(3)27(26-25-21)12-20(28)23-18-11-16(30-4)9-10-19(18)31-5/h6-11H,12H2,1-5H3,(H,23,28)(H,24,29). The molecule has 0 saturated carbocycles. The normalized spacial score (nSPS) is 10.5. The minimum atomic E-state index is -0.382. The van der Waals surface area contributed by atoms with E-state index in [4.69, 9.17) is 9.47 Å². The van der Waals surface area contributed by atoms with Gasteiger partial charge in [-0.15, -0.1) is 5.10 Å². The number of anilines is 2. The second-order valence-electron chi connectivity index (χ2n) is 7.00. The molecule has 0 unspecified atom stereocenters. The lowest BCUT2D eigenvalue weighted by Gasteiger charge is -2.12. The van der Waals surface area contributed by atoms with Gasteiger partial charge in [0.1, 0.15) is 18.0 Å². The number of amides is 2. The second-order valence-corrected chi connectivity index (χ2v) is 7.00. The lowest BCUT2D eigenvalue weighted by atomic mass is 10.1. The summed E-state index contributed by atoms with van der Waals surface area (Å²) in [6.45, 7) is 5.49. The van der Waals surface area contributed by atoms with Crippen LogP contribution in [0.15, 0.2) is 36.4 Å². The Labute approximate surface area is 180 Å². The highest BCUT2D eigenvalue weighted by molar-refractivity contribution is 6.04. The zero-order valence-electron chi connectivity index (χ0n) is 18.1. The molecule has 1 heterocycles. The van der Waals surface area contributed by atoms with Gasteiger partial charge in [-0.1, -0.05) is 17.3 Å². The summed E-state index contributed by atoms with van der Waals surface area (Å²) in [4.78, 5) is 25.2. The van der Waals surface area contributed by atoms with Gasteiger partial charge >= 0.3 is 0 Å². The van der Waals surface area contributed by atoms with Crippen LogP contribution in [0.2, 0.25) is 0 Å². The summed E-state index contributed by atoms with van der Waals surface area (Å²) in [7, 11) is 3.05. The van der Waals surface area contributed by atoms with Crippen molar-refractivity contribution in [1.29, 1.82) is 0 Å². The highest BCUT2D eigenvalue weighted by Gasteiger charge is 2.19. The molecule has 0 radical (unpaired) electrons. The molecular formula is C22H25N5O4. The number of ether oxygens (including phenoxy) is 2. The molecule has 3 rings (SSSR count). The maximum Gasteiger partial charge on any atom is 0.278 e. The van der Waals surface area contributed by atoms with Gasteiger partial charge in [0.25, 0.3) is 5.91 Å². The van der Waals surface area contributed by atoms with Crippen molar-refractivity contribution in [2.75, 3.05) is 24.9 Å². The van der Waals surface area contributed by atoms with Crippen molar-refractivity contribution in [3.05, 3.63) is 58.9 Å². The van der Waals surface area contributed by atoms with Gasteiger partial charge in [0, 0.05) is 11.8 Å². The Morgan fingerprint density at radius 1 is 1.00 bits per heavy atom. The maximum atomic E-state index is 12.7. The van der Waals surface area contributed by atoms with E-state index in [0.29, 0.717) is 28.6 Å². The Kier molecular flexibility index (Phi) is 6.54. The van der Waals surface area contributed by atoms with E-state index in [0.717, 1.165) is 11.1 Å². The number of hydrogen-bond acceptors (Lipinski definition) is 6. The van der Waals surface area contributed by atoms with Gasteiger partial charge in [-0.2, -0.15) is 0 Å². The number of nitrogens with zero attached hydrogens (tertiary/aromatic N) is 3. The molecule has 2 amide bonds. The van der Waals surface area contributed by atoms with Crippen molar-refractivity contribution in [2.45, 2.75) is 27.3 Å². The smallest absolute Gasteiger partial charge is 0.278 e. The average Bonchev–Trinajstić information content (AvgIpc) is 3.11. The summed E-state index contributed by atoms with van der Waals surface area (Å²) in [6.07, 6.45) is 0. The largest absolute Gasteiger partial charge is 0.497 e. The number of aromatic nitrogens is 3. The zero-order chi connectivity index (χ0) is 22.5. The maximum absolute atomic E-state index is 12.7. The van der Waals surface area contributed by atoms with E-state index in [1.54, 1.807) is 25.1 Å². The summed E-state index contributed by atoms with van der Waals surface area (Å²) in [5.74, 6) is 0.352. The number of carbonyl (C=O) groups is 2. The average molecular weight is 423 g/mol. The molecule has 0 aliphatic rings. The highest BCUT2D eigenvalue weighted by Crippen LogP contribution is 2.29. The van der Waals surface area contributed by atoms with Gasteiger partial charge in [-0.05, 0) is 50.1 Å². The molecule has 0 aliphatic carbocycles. The van der Waals surface area contributed by atoms with Crippen molar-refractivity contribution in [3.63, 3.8) is 0 Å². The van der Waals surface area contributed by atoms with Crippen LogP contribution in [0.3, 0.4) is 0 Å². The molecule has 9 heteroatoms. The van der Waals surface area contributed by atoms with Gasteiger partial charge in [-0.25, -0.2) is 4.68 Å². The Balaban J connectivity index is 1.72. The predicted octanol–water partition coefficient (Wildman–Crippen LogP) is 3.11. The van der Waals surface area contributed by atoms with Crippen LogP contribution < -0.4 is 20.1 Å². The molecule has 0 aliphatic heterocycles. The molecule has 9 nitrogen and oxygen atoms in total. The first-order valence-corrected chi connectivity index (χ1v) is 9.63. The third kappa shape index (κ3) is 4.82. The first kappa shape index (κ1) is 21.8. The summed E-state index contributed by atoms with van der Waals surface area (Å²) >= 11 is 0. The van der Waals surface area contributed by atoms with Crippen molar-refractivity contribution < 1.29 is 19.1 Å². The summed E-state index contributed by atoms with van der Waals surface area (Å²) < 4.78 is 11.8. The molecule has 0 atom stereocenters. The first-order valence-electron chi connectivity index (χ1n) is 9.63. The third-order valence-corrected chi connectivity index (χ3v) is 5.02. The van der Waals surface area contributed by atoms with Crippen LogP contribution in [0, 0.1) is 20.8 Å². The predicted molar refractivity (Wildman–Crippen MR) is 117 cm³/mol. The topological polar surface area (TPSA) is 107 Å². The highest BCUT2D eigenvalue weighted by atomic mass is 16.5. The molecule has 1 aromatic heterocycles. The van der Waals surface area contributed by atoms with E-state index in [2.05, 4.69) is 20.9 Å². The molecule has 2 aromatic carbocycles. The number of methoxy groups -OCH3 is 2. The molecule has 0 spiro atoms. The SMILES string of the molecule is COc1ccc(OC)c(NC(=O)Cn2nnc(C(=O)Nc3cccc(C)c3C)c2C)c1. The molecule has 0 bridgehead atoms. The molecule has 31 heavy (non-hydrogen) atoms. The number of carbonyl (C=O) groups excluding carboxylic acids is 2. The van der Waals surface area contributed by atoms with Crippen molar-refractivity contribution >= 4 is 23.2 Å². The number of rotatable bonds is 7.